The van der Waals surface area contributed by atoms with Gasteiger partial charge in [0.15, 0.2) is 0 Å². The molecule has 0 fully saturated rings. The molecule has 0 heterocycles. The summed E-state index contributed by atoms with van der Waals surface area (Å²) < 4.78 is 11.9. The molecule has 0 atom stereocenters. The Morgan fingerprint density at radius 3 is 2.45 bits per heavy atom. The van der Waals surface area contributed by atoms with Crippen LogP contribution in [-0.4, -0.2) is 13.0 Å². The van der Waals surface area contributed by atoms with E-state index < -0.39 is 5.91 Å². The van der Waals surface area contributed by atoms with Crippen LogP contribution in [0.2, 0.25) is 0 Å². The Labute approximate surface area is 190 Å². The lowest BCUT2D eigenvalue weighted by molar-refractivity contribution is -0.112. The average molecular weight is 477 g/mol. The molecule has 0 bridgehead atoms. The summed E-state index contributed by atoms with van der Waals surface area (Å²) in [6.07, 6.45) is 1.50. The van der Waals surface area contributed by atoms with Gasteiger partial charge in [-0.25, -0.2) is 0 Å². The van der Waals surface area contributed by atoms with Gasteiger partial charge in [0.1, 0.15) is 29.7 Å². The smallest absolute Gasteiger partial charge is 0.266 e. The molecule has 0 aromatic heterocycles. The molecule has 0 saturated carbocycles. The first-order valence-corrected chi connectivity index (χ1v) is 10.3. The lowest BCUT2D eigenvalue weighted by Gasteiger charge is -2.09. The zero-order valence-corrected chi connectivity index (χ0v) is 18.8. The van der Waals surface area contributed by atoms with Crippen LogP contribution in [0.4, 0.5) is 5.69 Å². The van der Waals surface area contributed by atoms with Crippen LogP contribution in [0.3, 0.4) is 0 Å². The third-order valence-corrected chi connectivity index (χ3v) is 4.99. The molecule has 3 aromatic carbocycles. The number of nitrogens with one attached hydrogen (secondary N) is 1. The van der Waals surface area contributed by atoms with E-state index in [-0.39, 0.29) is 5.57 Å². The van der Waals surface area contributed by atoms with Gasteiger partial charge in [-0.1, -0.05) is 45.8 Å². The van der Waals surface area contributed by atoms with Crippen molar-refractivity contribution in [3.8, 4) is 17.6 Å². The maximum atomic E-state index is 12.6. The van der Waals surface area contributed by atoms with Crippen LogP contribution in [0.15, 0.2) is 76.8 Å². The predicted molar refractivity (Wildman–Crippen MR) is 125 cm³/mol. The molecule has 0 aliphatic carbocycles. The maximum absolute atomic E-state index is 12.6. The summed E-state index contributed by atoms with van der Waals surface area (Å²) in [7, 11) is 1.54. The fourth-order valence-corrected chi connectivity index (χ4v) is 3.18. The number of aryl methyl sites for hydroxylation is 1. The summed E-state index contributed by atoms with van der Waals surface area (Å²) in [4.78, 5) is 12.6. The Bertz CT molecular complexity index is 1130. The number of anilines is 1. The molecule has 3 aromatic rings. The van der Waals surface area contributed by atoms with E-state index >= 15 is 0 Å². The summed E-state index contributed by atoms with van der Waals surface area (Å²) in [6, 6.07) is 22.5. The number of rotatable bonds is 7. The fourth-order valence-electron chi connectivity index (χ4n) is 2.81. The monoisotopic (exact) mass is 476 g/mol. The fraction of sp³-hybridized carbons (Fsp3) is 0.120. The summed E-state index contributed by atoms with van der Waals surface area (Å²) in [5.74, 6) is 0.755. The molecule has 0 spiro atoms. The van der Waals surface area contributed by atoms with Gasteiger partial charge < -0.3 is 14.8 Å². The van der Waals surface area contributed by atoms with Crippen LogP contribution in [0.1, 0.15) is 16.7 Å². The first kappa shape index (κ1) is 22.1. The third-order valence-electron chi connectivity index (χ3n) is 4.49. The molecule has 1 amide bonds. The van der Waals surface area contributed by atoms with E-state index in [9.17, 15) is 10.1 Å². The SMILES string of the molecule is COc1ccc(Br)cc1/C=C(\C#N)C(=O)Nc1ccc(OCc2ccc(C)cc2)cc1. The van der Waals surface area contributed by atoms with Gasteiger partial charge in [-0.15, -0.1) is 0 Å². The number of nitrogens with zero attached hydrogens (tertiary/aromatic N) is 1. The molecule has 5 nitrogen and oxygen atoms in total. The second-order valence-electron chi connectivity index (χ2n) is 6.81. The van der Waals surface area contributed by atoms with Crippen LogP contribution < -0.4 is 14.8 Å². The van der Waals surface area contributed by atoms with Crippen molar-refractivity contribution in [3.05, 3.63) is 93.5 Å². The van der Waals surface area contributed by atoms with E-state index in [4.69, 9.17) is 9.47 Å². The third kappa shape index (κ3) is 6.21. The van der Waals surface area contributed by atoms with E-state index in [1.807, 2.05) is 43.3 Å². The number of hydrogen-bond donors (Lipinski definition) is 1. The number of benzene rings is 3. The molecule has 3 rings (SSSR count). The zero-order valence-electron chi connectivity index (χ0n) is 17.2. The van der Waals surface area contributed by atoms with Gasteiger partial charge in [0.2, 0.25) is 0 Å². The normalized spacial score (nSPS) is 10.8. The second-order valence-corrected chi connectivity index (χ2v) is 7.72. The Hall–Kier alpha value is -3.56. The lowest BCUT2D eigenvalue weighted by Crippen LogP contribution is -2.13. The summed E-state index contributed by atoms with van der Waals surface area (Å²) >= 11 is 3.39. The van der Waals surface area contributed by atoms with Crippen LogP contribution in [-0.2, 0) is 11.4 Å². The van der Waals surface area contributed by atoms with Crippen LogP contribution in [0.5, 0.6) is 11.5 Å². The quantitative estimate of drug-likeness (QED) is 0.340. The zero-order chi connectivity index (χ0) is 22.2. The van der Waals surface area contributed by atoms with Crippen molar-refractivity contribution in [2.24, 2.45) is 0 Å². The molecule has 0 aliphatic heterocycles. The second kappa shape index (κ2) is 10.5. The minimum atomic E-state index is -0.502. The largest absolute Gasteiger partial charge is 0.496 e. The van der Waals surface area contributed by atoms with E-state index in [1.165, 1.54) is 18.7 Å². The molecule has 156 valence electrons. The van der Waals surface area contributed by atoms with Gasteiger partial charge >= 0.3 is 0 Å². The first-order valence-electron chi connectivity index (χ1n) is 9.53. The maximum Gasteiger partial charge on any atom is 0.266 e. The van der Waals surface area contributed by atoms with Crippen LogP contribution in [0.25, 0.3) is 6.08 Å². The van der Waals surface area contributed by atoms with Crippen molar-refractivity contribution >= 4 is 33.6 Å². The number of hydrogen-bond acceptors (Lipinski definition) is 4. The molecule has 0 aliphatic rings. The van der Waals surface area contributed by atoms with Crippen LogP contribution >= 0.6 is 15.9 Å². The standard InChI is InChI=1S/C25H21BrN2O3/c1-17-3-5-18(6-4-17)16-31-23-10-8-22(9-11-23)28-25(29)20(15-27)13-19-14-21(26)7-12-24(19)30-2/h3-14H,16H2,1-2H3,(H,28,29)/b20-13+. The molecule has 31 heavy (non-hydrogen) atoms. The number of amides is 1. The Morgan fingerprint density at radius 1 is 1.10 bits per heavy atom. The number of ether oxygens (including phenoxy) is 2. The summed E-state index contributed by atoms with van der Waals surface area (Å²) in [6.45, 7) is 2.50. The number of nitriles is 1. The van der Waals surface area contributed by atoms with Crippen molar-refractivity contribution in [2.75, 3.05) is 12.4 Å². The highest BCUT2D eigenvalue weighted by Crippen LogP contribution is 2.25. The first-order chi connectivity index (χ1) is 15.0. The lowest BCUT2D eigenvalue weighted by atomic mass is 10.1. The molecule has 0 unspecified atom stereocenters. The Kier molecular flexibility index (Phi) is 7.47. The average Bonchev–Trinajstić information content (AvgIpc) is 2.78. The minimum Gasteiger partial charge on any atom is -0.496 e. The van der Waals surface area contributed by atoms with Crippen molar-refractivity contribution in [1.82, 2.24) is 0 Å². The Balaban J connectivity index is 1.66. The van der Waals surface area contributed by atoms with E-state index in [1.54, 1.807) is 36.4 Å². The summed E-state index contributed by atoms with van der Waals surface area (Å²) in [5, 5.41) is 12.2. The topological polar surface area (TPSA) is 71.3 Å². The minimum absolute atomic E-state index is 0.0314. The summed E-state index contributed by atoms with van der Waals surface area (Å²) in [5.41, 5.74) is 3.44. The Morgan fingerprint density at radius 2 is 1.81 bits per heavy atom. The highest BCUT2D eigenvalue weighted by Gasteiger charge is 2.12. The molecule has 0 radical (unpaired) electrons. The molecule has 1 N–H and O–H groups in total. The molecular formula is C25H21BrN2O3. The van der Waals surface area contributed by atoms with E-state index in [0.29, 0.717) is 29.4 Å². The predicted octanol–water partition coefficient (Wildman–Crippen LogP) is 5.89. The van der Waals surface area contributed by atoms with Gasteiger partial charge in [0.05, 0.1) is 7.11 Å². The van der Waals surface area contributed by atoms with Crippen molar-refractivity contribution in [3.63, 3.8) is 0 Å². The molecule has 6 heteroatoms. The van der Waals surface area contributed by atoms with Gasteiger partial charge in [-0.2, -0.15) is 5.26 Å². The van der Waals surface area contributed by atoms with Gasteiger partial charge in [0, 0.05) is 15.7 Å². The van der Waals surface area contributed by atoms with Crippen molar-refractivity contribution < 1.29 is 14.3 Å². The number of carbonyl (C=O) groups is 1. The van der Waals surface area contributed by atoms with Crippen molar-refractivity contribution in [2.45, 2.75) is 13.5 Å². The van der Waals surface area contributed by atoms with E-state index in [2.05, 4.69) is 21.2 Å². The van der Waals surface area contributed by atoms with Gasteiger partial charge in [0.25, 0.3) is 5.91 Å². The molecule has 0 saturated heterocycles. The number of halogens is 1. The van der Waals surface area contributed by atoms with Gasteiger partial charge in [-0.05, 0) is 61.0 Å². The van der Waals surface area contributed by atoms with E-state index in [0.717, 1.165) is 10.0 Å². The van der Waals surface area contributed by atoms with Gasteiger partial charge in [-0.3, -0.25) is 4.79 Å². The van der Waals surface area contributed by atoms with Crippen molar-refractivity contribution in [1.29, 1.82) is 5.26 Å². The highest BCUT2D eigenvalue weighted by molar-refractivity contribution is 9.10. The number of carbonyl (C=O) groups excluding carboxylic acids is 1. The number of methoxy groups -OCH3 is 1. The highest BCUT2D eigenvalue weighted by atomic mass is 79.9. The molecular weight excluding hydrogens is 456 g/mol. The van der Waals surface area contributed by atoms with Crippen LogP contribution in [0, 0.1) is 18.3 Å².